The minimum absolute atomic E-state index is 0.0618. The molecule has 5 aromatic rings. The van der Waals surface area contributed by atoms with E-state index in [-0.39, 0.29) is 28.2 Å². The summed E-state index contributed by atoms with van der Waals surface area (Å²) in [5, 5.41) is 16.9. The molecule has 3 heterocycles. The normalized spacial score (nSPS) is 15.6. The molecule has 2 aliphatic rings. The third-order valence-corrected chi connectivity index (χ3v) is 12.4. The quantitative estimate of drug-likeness (QED) is 0.165. The van der Waals surface area contributed by atoms with Crippen molar-refractivity contribution in [2.75, 3.05) is 19.6 Å². The third-order valence-electron chi connectivity index (χ3n) is 11.4. The fourth-order valence-corrected chi connectivity index (χ4v) is 8.70. The second-order valence-corrected chi connectivity index (χ2v) is 23.8. The molecular weight excluding hydrogens is 925 g/mol. The van der Waals surface area contributed by atoms with Crippen molar-refractivity contribution in [3.05, 3.63) is 123 Å². The van der Waals surface area contributed by atoms with Crippen LogP contribution in [-0.2, 0) is 24.1 Å². The molecule has 0 radical (unpaired) electrons. The van der Waals surface area contributed by atoms with Crippen LogP contribution < -0.4 is 0 Å². The molecule has 7 rings (SSSR count). The Morgan fingerprint density at radius 3 is 1.66 bits per heavy atom. The van der Waals surface area contributed by atoms with E-state index in [4.69, 9.17) is 5.26 Å². The van der Waals surface area contributed by atoms with E-state index in [1.165, 1.54) is 46.3 Å². The molecule has 4 nitrogen and oxygen atoms in total. The summed E-state index contributed by atoms with van der Waals surface area (Å²) in [4.78, 5) is 1.12. The molecule has 1 saturated carbocycles. The average Bonchev–Trinajstić information content (AvgIpc) is 3.70. The second kappa shape index (κ2) is 25.4. The van der Waals surface area contributed by atoms with Crippen molar-refractivity contribution in [1.29, 1.82) is 5.26 Å². The number of aryl methyl sites for hydroxylation is 2. The van der Waals surface area contributed by atoms with Crippen LogP contribution in [0.1, 0.15) is 174 Å². The Bertz CT molecular complexity index is 2360. The highest BCUT2D eigenvalue weighted by atomic mass is 32.1. The van der Waals surface area contributed by atoms with Crippen LogP contribution in [0.5, 0.6) is 0 Å². The molecule has 1 saturated heterocycles. The molecule has 0 unspecified atom stereocenters. The zero-order valence-electron chi connectivity index (χ0n) is 44.8. The first-order chi connectivity index (χ1) is 31.9. The molecule has 13 heteroatoms. The number of fused-ring (bicyclic) bond motifs is 1. The van der Waals surface area contributed by atoms with Gasteiger partial charge in [0.05, 0.1) is 36.0 Å². The minimum atomic E-state index is -4.41. The summed E-state index contributed by atoms with van der Waals surface area (Å²) in [6, 6.07) is 23.2. The number of alkyl halides is 7. The molecule has 1 aliphatic heterocycles. The molecule has 1 aliphatic carbocycles. The van der Waals surface area contributed by atoms with Crippen LogP contribution in [0.2, 0.25) is 0 Å². The summed E-state index contributed by atoms with van der Waals surface area (Å²) in [6.07, 6.45) is 0.0267. The minimum Gasteiger partial charge on any atom is -0.291 e. The molecule has 0 spiro atoms. The van der Waals surface area contributed by atoms with Crippen molar-refractivity contribution in [3.8, 4) is 6.07 Å². The molecule has 70 heavy (non-hydrogen) atoms. The molecule has 0 N–H and O–H groups in total. The highest BCUT2D eigenvalue weighted by Gasteiger charge is 2.62. The van der Waals surface area contributed by atoms with Gasteiger partial charge in [0.15, 0.2) is 0 Å². The predicted molar refractivity (Wildman–Crippen MR) is 276 cm³/mol. The number of benzene rings is 3. The van der Waals surface area contributed by atoms with E-state index in [1.807, 2.05) is 61.2 Å². The number of hydrogen-bond acceptors (Lipinski definition) is 4. The lowest BCUT2D eigenvalue weighted by Gasteiger charge is -2.19. The topological polar surface area (TPSA) is 44.9 Å². The first-order valence-electron chi connectivity index (χ1n) is 24.2. The van der Waals surface area contributed by atoms with E-state index >= 15 is 0 Å². The molecular formula is C57H80F8N4S. The van der Waals surface area contributed by atoms with Crippen LogP contribution in [0.15, 0.2) is 78.2 Å². The maximum absolute atomic E-state index is 13.0. The van der Waals surface area contributed by atoms with E-state index in [2.05, 4.69) is 130 Å². The zero-order valence-corrected chi connectivity index (χ0v) is 45.6. The lowest BCUT2D eigenvalue weighted by molar-refractivity contribution is -0.172. The van der Waals surface area contributed by atoms with E-state index in [1.54, 1.807) is 13.8 Å². The van der Waals surface area contributed by atoms with Crippen LogP contribution in [-0.4, -0.2) is 46.2 Å². The van der Waals surface area contributed by atoms with Gasteiger partial charge in [-0.05, 0) is 117 Å². The Balaban J connectivity index is 0.000000290. The average molecular weight is 1010 g/mol. The van der Waals surface area contributed by atoms with E-state index in [9.17, 15) is 35.1 Å². The van der Waals surface area contributed by atoms with Gasteiger partial charge in [-0.25, -0.2) is 4.39 Å². The summed E-state index contributed by atoms with van der Waals surface area (Å²) in [5.41, 5.74) is 5.98. The van der Waals surface area contributed by atoms with Crippen LogP contribution in [0.25, 0.3) is 10.1 Å². The Labute approximate surface area is 418 Å². The van der Waals surface area contributed by atoms with Crippen molar-refractivity contribution >= 4 is 21.4 Å². The van der Waals surface area contributed by atoms with E-state index in [0.29, 0.717) is 17.9 Å². The predicted octanol–water partition coefficient (Wildman–Crippen LogP) is 17.9. The number of aromatic nitrogens is 2. The SMILES string of the molecule is CC(C)(C)CC1CC1.CC(C)(C)c1ccccc1C#N.CC(C)(C)c1csc2ccccc12.CC(C)CN1CC(F)(F)C(F)(F)C1.CC(C)c1cc(C(F)(F)F)ccc1F.Cc1cc(C(C)C)nn1C. The zero-order chi connectivity index (χ0) is 53.8. The number of likely N-dealkylation sites (tertiary alicyclic amines) is 1. The highest BCUT2D eigenvalue weighted by molar-refractivity contribution is 7.17. The number of rotatable bonds is 5. The van der Waals surface area contributed by atoms with Gasteiger partial charge in [0.1, 0.15) is 5.82 Å². The summed E-state index contributed by atoms with van der Waals surface area (Å²) in [5.74, 6) is -6.80. The van der Waals surface area contributed by atoms with Gasteiger partial charge in [0.2, 0.25) is 0 Å². The molecule has 0 amide bonds. The molecule has 2 aromatic heterocycles. The van der Waals surface area contributed by atoms with Gasteiger partial charge in [-0.1, -0.05) is 153 Å². The lowest BCUT2D eigenvalue weighted by Crippen LogP contribution is -2.38. The van der Waals surface area contributed by atoms with Gasteiger partial charge in [0, 0.05) is 24.0 Å². The number of thiophene rings is 1. The monoisotopic (exact) mass is 1000 g/mol. The van der Waals surface area contributed by atoms with Gasteiger partial charge in [0.25, 0.3) is 0 Å². The molecule has 390 valence electrons. The highest BCUT2D eigenvalue weighted by Crippen LogP contribution is 2.42. The van der Waals surface area contributed by atoms with Crippen LogP contribution in [0.3, 0.4) is 0 Å². The van der Waals surface area contributed by atoms with Crippen molar-refractivity contribution < 1.29 is 35.1 Å². The third kappa shape index (κ3) is 20.4. The molecule has 0 bridgehead atoms. The first kappa shape index (κ1) is 61.8. The van der Waals surface area contributed by atoms with Crippen LogP contribution >= 0.6 is 11.3 Å². The van der Waals surface area contributed by atoms with E-state index in [0.717, 1.165) is 40.1 Å². The number of nitrogens with zero attached hydrogens (tertiary/aromatic N) is 4. The van der Waals surface area contributed by atoms with Crippen molar-refractivity contribution in [2.45, 2.75) is 171 Å². The molecule has 3 aromatic carbocycles. The summed E-state index contributed by atoms with van der Waals surface area (Å²) >= 11 is 1.84. The molecule has 2 fully saturated rings. The summed E-state index contributed by atoms with van der Waals surface area (Å²) in [7, 11) is 1.97. The van der Waals surface area contributed by atoms with Crippen LogP contribution in [0, 0.1) is 41.3 Å². The fourth-order valence-electron chi connectivity index (χ4n) is 7.51. The Morgan fingerprint density at radius 1 is 0.743 bits per heavy atom. The lowest BCUT2D eigenvalue weighted by atomic mass is 9.84. The van der Waals surface area contributed by atoms with Crippen molar-refractivity contribution in [3.63, 3.8) is 0 Å². The smallest absolute Gasteiger partial charge is 0.291 e. The standard InChI is InChI=1S/C12H14S.C11H13N.C10H10F4.C8H13F4N.C8H14N2.C8H16/c1-12(2,3)10-8-13-11-7-5-4-6-9(10)11;1-11(2,3)10-7-5-4-6-9(10)8-12;1-6(2)8-5-7(10(12,13)14)3-4-9(8)11;1-6(2)3-13-4-7(9,10)8(11,12)5-13;1-6(2)8-5-7(3)10(4)9-8;1-8(2,3)6-7-4-5-7/h4-8H,1-3H3;4-7H,1-3H3;3-6H,1-2H3;6H,3-5H2,1-2H3;5-6H,1-4H3;7H,4-6H2,1-3H3. The first-order valence-corrected chi connectivity index (χ1v) is 25.1. The van der Waals surface area contributed by atoms with E-state index < -0.39 is 42.5 Å². The van der Waals surface area contributed by atoms with Gasteiger partial charge in [-0.2, -0.15) is 41.1 Å². The second-order valence-electron chi connectivity index (χ2n) is 22.9. The van der Waals surface area contributed by atoms with Gasteiger partial charge in [-0.15, -0.1) is 11.3 Å². The van der Waals surface area contributed by atoms with Gasteiger partial charge in [-0.3, -0.25) is 9.58 Å². The largest absolute Gasteiger partial charge is 0.416 e. The Hall–Kier alpha value is -4.28. The van der Waals surface area contributed by atoms with Crippen molar-refractivity contribution in [2.24, 2.45) is 24.3 Å². The Morgan fingerprint density at radius 2 is 1.27 bits per heavy atom. The maximum Gasteiger partial charge on any atom is 0.416 e. The molecule has 0 atom stereocenters. The van der Waals surface area contributed by atoms with Gasteiger partial charge < -0.3 is 0 Å². The Kier molecular flexibility index (Phi) is 22.4. The number of halogens is 8. The maximum atomic E-state index is 13.0. The van der Waals surface area contributed by atoms with Crippen LogP contribution in [0.4, 0.5) is 35.1 Å². The van der Waals surface area contributed by atoms with Gasteiger partial charge >= 0.3 is 18.0 Å². The number of hydrogen-bond donors (Lipinski definition) is 0. The fraction of sp³-hybridized carbons (Fsp3) is 0.579. The summed E-state index contributed by atoms with van der Waals surface area (Å²) < 4.78 is 104. The summed E-state index contributed by atoms with van der Waals surface area (Å²) in [6.45, 7) is 32.1. The van der Waals surface area contributed by atoms with Crippen molar-refractivity contribution in [1.82, 2.24) is 14.7 Å². The number of nitriles is 1.